The molecule has 0 aromatic carbocycles. The molecule has 15 heavy (non-hydrogen) atoms. The van der Waals surface area contributed by atoms with Crippen LogP contribution in [0.4, 0.5) is 0 Å². The Kier molecular flexibility index (Phi) is 4.11. The lowest BCUT2D eigenvalue weighted by molar-refractivity contribution is 0.0305. The first-order valence-electron chi connectivity index (χ1n) is 5.64. The van der Waals surface area contributed by atoms with Crippen LogP contribution in [0.15, 0.2) is 0 Å². The van der Waals surface area contributed by atoms with E-state index in [1.807, 2.05) is 20.8 Å². The van der Waals surface area contributed by atoms with Gasteiger partial charge in [0.25, 0.3) is 0 Å². The zero-order valence-corrected chi connectivity index (χ0v) is 10.3. The Morgan fingerprint density at radius 2 is 1.80 bits per heavy atom. The molecule has 1 N–H and O–H groups in total. The largest absolute Gasteiger partial charge is 0.368 e. The van der Waals surface area contributed by atoms with Crippen molar-refractivity contribution < 1.29 is 4.74 Å². The summed E-state index contributed by atoms with van der Waals surface area (Å²) >= 11 is 0. The monoisotopic (exact) mass is 213 g/mol. The molecule has 4 nitrogen and oxygen atoms in total. The summed E-state index contributed by atoms with van der Waals surface area (Å²) in [6, 6.07) is 0. The first-order chi connectivity index (χ1) is 6.97. The van der Waals surface area contributed by atoms with Crippen LogP contribution in [0.2, 0.25) is 0 Å². The molecular weight excluding hydrogens is 190 g/mol. The van der Waals surface area contributed by atoms with Crippen LogP contribution in [0.25, 0.3) is 0 Å². The van der Waals surface area contributed by atoms with Crippen LogP contribution in [0.3, 0.4) is 0 Å². The zero-order chi connectivity index (χ0) is 11.5. The average molecular weight is 213 g/mol. The molecule has 0 aliphatic carbocycles. The standard InChI is InChI=1S/C11H23N3O/c1-5-15-11(2,3)10(12)14-8-6-13(4)7-9-14/h12H,5-9H2,1-4H3. The highest BCUT2D eigenvalue weighted by atomic mass is 16.5. The van der Waals surface area contributed by atoms with E-state index in [0.717, 1.165) is 26.2 Å². The highest BCUT2D eigenvalue weighted by Crippen LogP contribution is 2.15. The summed E-state index contributed by atoms with van der Waals surface area (Å²) in [6.07, 6.45) is 0. The summed E-state index contributed by atoms with van der Waals surface area (Å²) in [5.41, 5.74) is -0.454. The number of likely N-dealkylation sites (N-methyl/N-ethyl adjacent to an activating group) is 1. The van der Waals surface area contributed by atoms with E-state index in [1.165, 1.54) is 0 Å². The lowest BCUT2D eigenvalue weighted by Gasteiger charge is -2.39. The van der Waals surface area contributed by atoms with Gasteiger partial charge in [-0.2, -0.15) is 0 Å². The Hall–Kier alpha value is -0.610. The molecule has 0 aromatic heterocycles. The third kappa shape index (κ3) is 3.18. The van der Waals surface area contributed by atoms with Gasteiger partial charge in [0, 0.05) is 32.8 Å². The normalized spacial score (nSPS) is 19.3. The predicted octanol–water partition coefficient (Wildman–Crippen LogP) is 1.03. The molecule has 1 rings (SSSR count). The van der Waals surface area contributed by atoms with Crippen molar-refractivity contribution in [2.45, 2.75) is 26.4 Å². The maximum absolute atomic E-state index is 8.14. The molecule has 1 aliphatic rings. The van der Waals surface area contributed by atoms with Gasteiger partial charge in [-0.25, -0.2) is 0 Å². The maximum atomic E-state index is 8.14. The summed E-state index contributed by atoms with van der Waals surface area (Å²) in [6.45, 7) is 10.5. The Balaban J connectivity index is 2.53. The van der Waals surface area contributed by atoms with Crippen molar-refractivity contribution in [2.75, 3.05) is 39.8 Å². The van der Waals surface area contributed by atoms with Crippen molar-refractivity contribution in [3.8, 4) is 0 Å². The molecule has 4 heteroatoms. The highest BCUT2D eigenvalue weighted by molar-refractivity contribution is 5.87. The van der Waals surface area contributed by atoms with Gasteiger partial charge >= 0.3 is 0 Å². The molecule has 0 aromatic rings. The Morgan fingerprint density at radius 3 is 2.27 bits per heavy atom. The first-order valence-corrected chi connectivity index (χ1v) is 5.64. The molecule has 0 bridgehead atoms. The second-order valence-corrected chi connectivity index (χ2v) is 4.58. The van der Waals surface area contributed by atoms with E-state index in [9.17, 15) is 0 Å². The van der Waals surface area contributed by atoms with Crippen molar-refractivity contribution in [3.05, 3.63) is 0 Å². The van der Waals surface area contributed by atoms with E-state index in [0.29, 0.717) is 12.4 Å². The number of nitrogens with one attached hydrogen (secondary N) is 1. The molecule has 88 valence electrons. The van der Waals surface area contributed by atoms with Crippen LogP contribution < -0.4 is 0 Å². The van der Waals surface area contributed by atoms with E-state index in [2.05, 4.69) is 16.8 Å². The number of ether oxygens (including phenoxy) is 1. The van der Waals surface area contributed by atoms with Gasteiger partial charge in [0.2, 0.25) is 0 Å². The Labute approximate surface area is 92.7 Å². The Bertz CT molecular complexity index is 220. The van der Waals surface area contributed by atoms with E-state index < -0.39 is 5.60 Å². The predicted molar refractivity (Wildman–Crippen MR) is 62.5 cm³/mol. The minimum absolute atomic E-state index is 0.454. The lowest BCUT2D eigenvalue weighted by Crippen LogP contribution is -2.53. The van der Waals surface area contributed by atoms with E-state index in [1.54, 1.807) is 0 Å². The van der Waals surface area contributed by atoms with Gasteiger partial charge in [0.1, 0.15) is 11.4 Å². The topological polar surface area (TPSA) is 39.6 Å². The quantitative estimate of drug-likeness (QED) is 0.562. The summed E-state index contributed by atoms with van der Waals surface area (Å²) in [7, 11) is 2.12. The van der Waals surface area contributed by atoms with Crippen molar-refractivity contribution >= 4 is 5.84 Å². The minimum Gasteiger partial charge on any atom is -0.368 e. The molecule has 1 aliphatic heterocycles. The number of hydrogen-bond acceptors (Lipinski definition) is 3. The van der Waals surface area contributed by atoms with Crippen LogP contribution in [0.5, 0.6) is 0 Å². The fourth-order valence-electron chi connectivity index (χ4n) is 1.84. The summed E-state index contributed by atoms with van der Waals surface area (Å²) in [4.78, 5) is 4.41. The summed E-state index contributed by atoms with van der Waals surface area (Å²) in [5.74, 6) is 0.609. The molecular formula is C11H23N3O. The number of amidine groups is 1. The van der Waals surface area contributed by atoms with Gasteiger partial charge < -0.3 is 14.5 Å². The fourth-order valence-corrected chi connectivity index (χ4v) is 1.84. The molecule has 1 fully saturated rings. The third-order valence-electron chi connectivity index (χ3n) is 2.89. The van der Waals surface area contributed by atoms with Crippen molar-refractivity contribution in [1.82, 2.24) is 9.80 Å². The summed E-state index contributed by atoms with van der Waals surface area (Å²) in [5, 5.41) is 8.14. The second kappa shape index (κ2) is 4.94. The highest BCUT2D eigenvalue weighted by Gasteiger charge is 2.30. The van der Waals surface area contributed by atoms with Crippen LogP contribution in [-0.4, -0.2) is 61.1 Å². The van der Waals surface area contributed by atoms with Crippen molar-refractivity contribution in [2.24, 2.45) is 0 Å². The second-order valence-electron chi connectivity index (χ2n) is 4.58. The molecule has 0 spiro atoms. The smallest absolute Gasteiger partial charge is 0.128 e. The zero-order valence-electron chi connectivity index (χ0n) is 10.3. The first kappa shape index (κ1) is 12.5. The average Bonchev–Trinajstić information content (AvgIpc) is 2.18. The molecule has 1 saturated heterocycles. The molecule has 0 radical (unpaired) electrons. The summed E-state index contributed by atoms with van der Waals surface area (Å²) < 4.78 is 5.59. The van der Waals surface area contributed by atoms with Crippen molar-refractivity contribution in [3.63, 3.8) is 0 Å². The van der Waals surface area contributed by atoms with E-state index in [4.69, 9.17) is 10.1 Å². The number of piperazine rings is 1. The SMILES string of the molecule is CCOC(C)(C)C(=N)N1CCN(C)CC1. The fraction of sp³-hybridized carbons (Fsp3) is 0.909. The van der Waals surface area contributed by atoms with Gasteiger partial charge in [0.15, 0.2) is 0 Å². The van der Waals surface area contributed by atoms with Crippen LogP contribution in [-0.2, 0) is 4.74 Å². The molecule has 1 heterocycles. The van der Waals surface area contributed by atoms with E-state index >= 15 is 0 Å². The minimum atomic E-state index is -0.454. The third-order valence-corrected chi connectivity index (χ3v) is 2.89. The molecule has 0 atom stereocenters. The number of rotatable bonds is 3. The van der Waals surface area contributed by atoms with Crippen LogP contribution in [0.1, 0.15) is 20.8 Å². The van der Waals surface area contributed by atoms with Crippen LogP contribution >= 0.6 is 0 Å². The lowest BCUT2D eigenvalue weighted by atomic mass is 10.1. The Morgan fingerprint density at radius 1 is 1.27 bits per heavy atom. The van der Waals surface area contributed by atoms with Gasteiger partial charge in [-0.15, -0.1) is 0 Å². The van der Waals surface area contributed by atoms with Gasteiger partial charge in [-0.05, 0) is 27.8 Å². The maximum Gasteiger partial charge on any atom is 0.128 e. The number of hydrogen-bond donors (Lipinski definition) is 1. The van der Waals surface area contributed by atoms with Crippen molar-refractivity contribution in [1.29, 1.82) is 5.41 Å². The van der Waals surface area contributed by atoms with Gasteiger partial charge in [-0.1, -0.05) is 0 Å². The van der Waals surface area contributed by atoms with Crippen LogP contribution in [0, 0.1) is 5.41 Å². The molecule has 0 unspecified atom stereocenters. The number of nitrogens with zero attached hydrogens (tertiary/aromatic N) is 2. The van der Waals surface area contributed by atoms with Gasteiger partial charge in [0.05, 0.1) is 0 Å². The van der Waals surface area contributed by atoms with E-state index in [-0.39, 0.29) is 0 Å². The van der Waals surface area contributed by atoms with Gasteiger partial charge in [-0.3, -0.25) is 5.41 Å². The molecule has 0 amide bonds. The molecule has 0 saturated carbocycles.